The molecule has 0 spiro atoms. The zero-order valence-corrected chi connectivity index (χ0v) is 13.2. The van der Waals surface area contributed by atoms with Crippen molar-refractivity contribution in [3.05, 3.63) is 57.8 Å². The third-order valence-electron chi connectivity index (χ3n) is 3.56. The van der Waals surface area contributed by atoms with Crippen molar-refractivity contribution in [2.24, 2.45) is 0 Å². The Balaban J connectivity index is 2.09. The van der Waals surface area contributed by atoms with E-state index in [-0.39, 0.29) is 11.7 Å². The van der Waals surface area contributed by atoms with E-state index in [4.69, 9.17) is 4.74 Å². The highest BCUT2D eigenvalue weighted by Crippen LogP contribution is 2.23. The molecule has 0 bridgehead atoms. The number of nitro groups is 1. The summed E-state index contributed by atoms with van der Waals surface area (Å²) < 4.78 is 5.09. The molecule has 0 saturated carbocycles. The molecule has 0 radical (unpaired) electrons. The number of anilines is 1. The van der Waals surface area contributed by atoms with Crippen LogP contribution in [0.25, 0.3) is 0 Å². The number of aryl methyl sites for hydroxylation is 1. The average Bonchev–Trinajstić information content (AvgIpc) is 2.54. The molecule has 2 aromatic rings. The van der Waals surface area contributed by atoms with Crippen LogP contribution < -0.4 is 10.1 Å². The van der Waals surface area contributed by atoms with Crippen LogP contribution in [0.4, 0.5) is 11.5 Å². The molecule has 7 nitrogen and oxygen atoms in total. The fourth-order valence-corrected chi connectivity index (χ4v) is 2.23. The Bertz CT molecular complexity index is 688. The standard InChI is InChI=1S/C16H19N3O4/c1-10-14(19(21)22)8-9-15(17-10)18-11(2)16(20)12-4-6-13(23-3)7-5-12/h4-9,11,16,20H,1-3H3,(H,17,18). The number of aliphatic hydroxyl groups is 1. The fourth-order valence-electron chi connectivity index (χ4n) is 2.23. The Morgan fingerprint density at radius 3 is 2.43 bits per heavy atom. The molecule has 0 aliphatic carbocycles. The lowest BCUT2D eigenvalue weighted by Gasteiger charge is -2.21. The van der Waals surface area contributed by atoms with Crippen molar-refractivity contribution in [1.29, 1.82) is 0 Å². The van der Waals surface area contributed by atoms with Gasteiger partial charge in [-0.1, -0.05) is 12.1 Å². The van der Waals surface area contributed by atoms with Gasteiger partial charge in [-0.05, 0) is 37.6 Å². The Hall–Kier alpha value is -2.67. The van der Waals surface area contributed by atoms with Crippen LogP contribution in [0, 0.1) is 17.0 Å². The van der Waals surface area contributed by atoms with E-state index >= 15 is 0 Å². The lowest BCUT2D eigenvalue weighted by molar-refractivity contribution is -0.385. The van der Waals surface area contributed by atoms with E-state index < -0.39 is 11.0 Å². The highest BCUT2D eigenvalue weighted by molar-refractivity contribution is 5.45. The van der Waals surface area contributed by atoms with Crippen LogP contribution in [0.1, 0.15) is 24.3 Å². The van der Waals surface area contributed by atoms with Gasteiger partial charge in [-0.15, -0.1) is 0 Å². The van der Waals surface area contributed by atoms with Crippen LogP contribution in [0.5, 0.6) is 5.75 Å². The number of pyridine rings is 1. The summed E-state index contributed by atoms with van der Waals surface area (Å²) in [6.45, 7) is 3.39. The molecule has 2 N–H and O–H groups in total. The number of nitrogens with one attached hydrogen (secondary N) is 1. The summed E-state index contributed by atoms with van der Waals surface area (Å²) in [6.07, 6.45) is -0.752. The largest absolute Gasteiger partial charge is 0.497 e. The van der Waals surface area contributed by atoms with Crippen molar-refractivity contribution in [2.45, 2.75) is 26.0 Å². The fraction of sp³-hybridized carbons (Fsp3) is 0.312. The highest BCUT2D eigenvalue weighted by atomic mass is 16.6. The first-order chi connectivity index (χ1) is 10.9. The van der Waals surface area contributed by atoms with Gasteiger partial charge < -0.3 is 15.2 Å². The zero-order chi connectivity index (χ0) is 17.0. The smallest absolute Gasteiger partial charge is 0.290 e. The third kappa shape index (κ3) is 3.95. The van der Waals surface area contributed by atoms with Crippen LogP contribution in [0.3, 0.4) is 0 Å². The number of aromatic nitrogens is 1. The number of rotatable bonds is 6. The number of hydrogen-bond donors (Lipinski definition) is 2. The Morgan fingerprint density at radius 1 is 1.26 bits per heavy atom. The van der Waals surface area contributed by atoms with Gasteiger partial charge in [-0.3, -0.25) is 10.1 Å². The molecule has 0 amide bonds. The van der Waals surface area contributed by atoms with Crippen LogP contribution in [-0.2, 0) is 0 Å². The van der Waals surface area contributed by atoms with Crippen molar-refractivity contribution in [3.8, 4) is 5.75 Å². The topological polar surface area (TPSA) is 97.5 Å². The van der Waals surface area contributed by atoms with Crippen LogP contribution in [0.2, 0.25) is 0 Å². The predicted molar refractivity (Wildman–Crippen MR) is 86.7 cm³/mol. The Morgan fingerprint density at radius 2 is 1.91 bits per heavy atom. The van der Waals surface area contributed by atoms with E-state index in [0.717, 1.165) is 5.56 Å². The molecule has 2 rings (SSSR count). The minimum atomic E-state index is -0.752. The predicted octanol–water partition coefficient (Wildman–Crippen LogP) is 2.84. The number of ether oxygens (including phenoxy) is 1. The monoisotopic (exact) mass is 317 g/mol. The minimum absolute atomic E-state index is 0.0288. The molecule has 7 heteroatoms. The molecule has 23 heavy (non-hydrogen) atoms. The van der Waals surface area contributed by atoms with Gasteiger partial charge in [0.05, 0.1) is 24.2 Å². The molecule has 1 aromatic carbocycles. The van der Waals surface area contributed by atoms with Crippen molar-refractivity contribution >= 4 is 11.5 Å². The van der Waals surface area contributed by atoms with Gasteiger partial charge in [0.2, 0.25) is 0 Å². The summed E-state index contributed by atoms with van der Waals surface area (Å²) in [5.41, 5.74) is 1.04. The number of methoxy groups -OCH3 is 1. The first kappa shape index (κ1) is 16.7. The van der Waals surface area contributed by atoms with Crippen LogP contribution >= 0.6 is 0 Å². The third-order valence-corrected chi connectivity index (χ3v) is 3.56. The van der Waals surface area contributed by atoms with Gasteiger partial charge in [-0.25, -0.2) is 4.98 Å². The van der Waals surface area contributed by atoms with Gasteiger partial charge in [0.1, 0.15) is 17.3 Å². The summed E-state index contributed by atoms with van der Waals surface area (Å²) in [5, 5.41) is 24.2. The second-order valence-electron chi connectivity index (χ2n) is 5.21. The lowest BCUT2D eigenvalue weighted by Crippen LogP contribution is -2.24. The lowest BCUT2D eigenvalue weighted by atomic mass is 10.0. The second kappa shape index (κ2) is 7.06. The molecular formula is C16H19N3O4. The van der Waals surface area contributed by atoms with Crippen molar-refractivity contribution in [2.75, 3.05) is 12.4 Å². The maximum Gasteiger partial charge on any atom is 0.290 e. The Kier molecular flexibility index (Phi) is 5.13. The van der Waals surface area contributed by atoms with Crippen molar-refractivity contribution < 1.29 is 14.8 Å². The highest BCUT2D eigenvalue weighted by Gasteiger charge is 2.18. The molecule has 1 aromatic heterocycles. The van der Waals surface area contributed by atoms with E-state index in [1.807, 2.05) is 6.92 Å². The SMILES string of the molecule is COc1ccc(C(O)C(C)Nc2ccc([N+](=O)[O-])c(C)n2)cc1. The maximum absolute atomic E-state index is 10.8. The minimum Gasteiger partial charge on any atom is -0.497 e. The molecule has 1 heterocycles. The first-order valence-electron chi connectivity index (χ1n) is 7.13. The van der Waals surface area contributed by atoms with Crippen LogP contribution in [0.15, 0.2) is 36.4 Å². The summed E-state index contributed by atoms with van der Waals surface area (Å²) in [5.74, 6) is 1.20. The van der Waals surface area contributed by atoms with E-state index in [0.29, 0.717) is 17.3 Å². The molecule has 2 atom stereocenters. The summed E-state index contributed by atoms with van der Waals surface area (Å²) in [7, 11) is 1.58. The van der Waals surface area contributed by atoms with Gasteiger partial charge in [0.25, 0.3) is 5.69 Å². The van der Waals surface area contributed by atoms with E-state index in [1.54, 1.807) is 38.3 Å². The van der Waals surface area contributed by atoms with Gasteiger partial charge in [0, 0.05) is 6.07 Å². The van der Waals surface area contributed by atoms with Gasteiger partial charge in [0.15, 0.2) is 0 Å². The van der Waals surface area contributed by atoms with Crippen molar-refractivity contribution in [3.63, 3.8) is 0 Å². The number of nitrogens with zero attached hydrogens (tertiary/aromatic N) is 2. The number of hydrogen-bond acceptors (Lipinski definition) is 6. The second-order valence-corrected chi connectivity index (χ2v) is 5.21. The van der Waals surface area contributed by atoms with Gasteiger partial charge in [-0.2, -0.15) is 0 Å². The molecular weight excluding hydrogens is 298 g/mol. The normalized spacial score (nSPS) is 13.2. The zero-order valence-electron chi connectivity index (χ0n) is 13.2. The summed E-state index contributed by atoms with van der Waals surface area (Å²) >= 11 is 0. The van der Waals surface area contributed by atoms with E-state index in [9.17, 15) is 15.2 Å². The van der Waals surface area contributed by atoms with E-state index in [1.165, 1.54) is 12.1 Å². The Labute approximate surface area is 134 Å². The molecule has 0 aliphatic rings. The molecule has 0 aliphatic heterocycles. The van der Waals surface area contributed by atoms with Crippen LogP contribution in [-0.4, -0.2) is 28.2 Å². The molecule has 0 fully saturated rings. The quantitative estimate of drug-likeness (QED) is 0.628. The summed E-state index contributed by atoms with van der Waals surface area (Å²) in [6, 6.07) is 9.74. The maximum atomic E-state index is 10.8. The summed E-state index contributed by atoms with van der Waals surface area (Å²) in [4.78, 5) is 14.5. The van der Waals surface area contributed by atoms with Crippen molar-refractivity contribution in [1.82, 2.24) is 4.98 Å². The van der Waals surface area contributed by atoms with Gasteiger partial charge >= 0.3 is 0 Å². The number of benzene rings is 1. The molecule has 122 valence electrons. The molecule has 2 unspecified atom stereocenters. The first-order valence-corrected chi connectivity index (χ1v) is 7.13. The number of aliphatic hydroxyl groups excluding tert-OH is 1. The average molecular weight is 317 g/mol. The van der Waals surface area contributed by atoms with E-state index in [2.05, 4.69) is 10.3 Å². The molecule has 0 saturated heterocycles.